The van der Waals surface area contributed by atoms with Crippen LogP contribution in [0.1, 0.15) is 17.0 Å². The highest BCUT2D eigenvalue weighted by Crippen LogP contribution is 2.38. The lowest BCUT2D eigenvalue weighted by atomic mass is 9.88. The number of phenolic OH excluding ortho intramolecular Hbond substituents is 2. The summed E-state index contributed by atoms with van der Waals surface area (Å²) in [5.74, 6) is -0.546. The Morgan fingerprint density at radius 3 is 2.00 bits per heavy atom. The van der Waals surface area contributed by atoms with Gasteiger partial charge in [-0.05, 0) is 35.4 Å². The molecule has 100 valence electrons. The maximum Gasteiger partial charge on any atom is 0.322 e. The number of cyclic esters (lactones) is 1. The van der Waals surface area contributed by atoms with Crippen LogP contribution in [0.5, 0.6) is 11.5 Å². The highest BCUT2D eigenvalue weighted by molar-refractivity contribution is 5.98. The summed E-state index contributed by atoms with van der Waals surface area (Å²) >= 11 is 0. The third-order valence-corrected chi connectivity index (χ3v) is 3.28. The second-order valence-corrected chi connectivity index (χ2v) is 4.58. The Morgan fingerprint density at radius 1 is 0.850 bits per heavy atom. The third-order valence-electron chi connectivity index (χ3n) is 3.28. The molecule has 2 N–H and O–H groups in total. The van der Waals surface area contributed by atoms with Gasteiger partial charge in [0.15, 0.2) is 0 Å². The van der Waals surface area contributed by atoms with Gasteiger partial charge in [0.1, 0.15) is 17.4 Å². The van der Waals surface area contributed by atoms with Gasteiger partial charge >= 0.3 is 5.97 Å². The van der Waals surface area contributed by atoms with Crippen molar-refractivity contribution in [1.82, 2.24) is 0 Å². The number of ether oxygens (including phenoxy) is 1. The zero-order valence-corrected chi connectivity index (χ0v) is 10.5. The molecule has 3 rings (SSSR count). The molecule has 2 aromatic carbocycles. The van der Waals surface area contributed by atoms with Gasteiger partial charge in [-0.1, -0.05) is 24.3 Å². The molecule has 4 heteroatoms. The minimum atomic E-state index is -0.514. The number of rotatable bonds is 2. The van der Waals surface area contributed by atoms with E-state index in [1.807, 2.05) is 0 Å². The van der Waals surface area contributed by atoms with Crippen molar-refractivity contribution in [2.75, 3.05) is 0 Å². The van der Waals surface area contributed by atoms with Crippen LogP contribution in [0.2, 0.25) is 0 Å². The van der Waals surface area contributed by atoms with E-state index in [2.05, 4.69) is 0 Å². The first kappa shape index (κ1) is 12.3. The van der Waals surface area contributed by atoms with Crippen molar-refractivity contribution in [3.05, 3.63) is 65.9 Å². The van der Waals surface area contributed by atoms with Gasteiger partial charge in [0.2, 0.25) is 0 Å². The fourth-order valence-electron chi connectivity index (χ4n) is 2.26. The van der Waals surface area contributed by atoms with Crippen LogP contribution in [-0.4, -0.2) is 16.2 Å². The molecule has 1 heterocycles. The Labute approximate surface area is 115 Å². The number of carbonyl (C=O) groups excluding carboxylic acids is 1. The lowest BCUT2D eigenvalue weighted by Gasteiger charge is -2.12. The molecule has 0 aromatic heterocycles. The van der Waals surface area contributed by atoms with Gasteiger partial charge in [-0.3, -0.25) is 4.79 Å². The largest absolute Gasteiger partial charge is 0.508 e. The molecule has 4 nitrogen and oxygen atoms in total. The molecule has 0 spiro atoms. The van der Waals surface area contributed by atoms with E-state index in [1.54, 1.807) is 36.4 Å². The van der Waals surface area contributed by atoms with E-state index in [-0.39, 0.29) is 17.5 Å². The van der Waals surface area contributed by atoms with Crippen molar-refractivity contribution in [2.45, 2.75) is 5.92 Å². The van der Waals surface area contributed by atoms with Crippen LogP contribution in [0, 0.1) is 0 Å². The Hall–Kier alpha value is -2.75. The second-order valence-electron chi connectivity index (χ2n) is 4.58. The molecule has 0 radical (unpaired) electrons. The summed E-state index contributed by atoms with van der Waals surface area (Å²) in [6.45, 7) is 0. The van der Waals surface area contributed by atoms with Crippen molar-refractivity contribution in [1.29, 1.82) is 0 Å². The zero-order chi connectivity index (χ0) is 14.1. The predicted octanol–water partition coefficient (Wildman–Crippen LogP) is 2.78. The highest BCUT2D eigenvalue weighted by atomic mass is 16.5. The van der Waals surface area contributed by atoms with Crippen LogP contribution in [0.25, 0.3) is 5.57 Å². The molecule has 1 atom stereocenters. The summed E-state index contributed by atoms with van der Waals surface area (Å²) in [7, 11) is 0. The molecule has 1 unspecified atom stereocenters. The first-order valence-electron chi connectivity index (χ1n) is 6.14. The lowest BCUT2D eigenvalue weighted by molar-refractivity contribution is -0.136. The van der Waals surface area contributed by atoms with Crippen molar-refractivity contribution in [3.63, 3.8) is 0 Å². The van der Waals surface area contributed by atoms with Crippen LogP contribution in [-0.2, 0) is 9.53 Å². The average Bonchev–Trinajstić information content (AvgIpc) is 2.83. The molecule has 0 bridgehead atoms. The van der Waals surface area contributed by atoms with E-state index < -0.39 is 5.92 Å². The minimum absolute atomic E-state index is 0.148. The number of esters is 1. The average molecular weight is 268 g/mol. The van der Waals surface area contributed by atoms with Gasteiger partial charge in [0, 0.05) is 5.57 Å². The normalized spacial score (nSPS) is 17.7. The predicted molar refractivity (Wildman–Crippen MR) is 73.0 cm³/mol. The molecule has 0 amide bonds. The van der Waals surface area contributed by atoms with Gasteiger partial charge in [-0.15, -0.1) is 0 Å². The number of hydrogen-bond acceptors (Lipinski definition) is 4. The first-order valence-corrected chi connectivity index (χ1v) is 6.14. The number of hydrogen-bond donors (Lipinski definition) is 2. The molecule has 1 aliphatic rings. The quantitative estimate of drug-likeness (QED) is 0.822. The molecule has 0 aliphatic carbocycles. The summed E-state index contributed by atoms with van der Waals surface area (Å²) < 4.78 is 5.02. The zero-order valence-electron chi connectivity index (χ0n) is 10.5. The van der Waals surface area contributed by atoms with Crippen molar-refractivity contribution >= 4 is 11.5 Å². The highest BCUT2D eigenvalue weighted by Gasteiger charge is 2.32. The summed E-state index contributed by atoms with van der Waals surface area (Å²) in [4.78, 5) is 11.9. The fourth-order valence-corrected chi connectivity index (χ4v) is 2.26. The number of phenols is 2. The topological polar surface area (TPSA) is 66.8 Å². The van der Waals surface area contributed by atoms with Gasteiger partial charge in [0.05, 0.1) is 6.26 Å². The molecule has 20 heavy (non-hydrogen) atoms. The van der Waals surface area contributed by atoms with Gasteiger partial charge in [-0.25, -0.2) is 0 Å². The van der Waals surface area contributed by atoms with E-state index in [1.165, 1.54) is 18.4 Å². The van der Waals surface area contributed by atoms with Crippen molar-refractivity contribution < 1.29 is 19.7 Å². The summed E-state index contributed by atoms with van der Waals surface area (Å²) in [5, 5.41) is 18.6. The fraction of sp³-hybridized carbons (Fsp3) is 0.0625. The van der Waals surface area contributed by atoms with Gasteiger partial charge in [0.25, 0.3) is 0 Å². The second kappa shape index (κ2) is 4.74. The Morgan fingerprint density at radius 2 is 1.40 bits per heavy atom. The van der Waals surface area contributed by atoms with Crippen molar-refractivity contribution in [3.8, 4) is 11.5 Å². The standard InChI is InChI=1S/C16H12O4/c17-12-5-1-10(2-6-12)14-9-20-16(19)15(14)11-3-7-13(18)8-4-11/h1-9,15,17-18H. The van der Waals surface area contributed by atoms with Crippen LogP contribution >= 0.6 is 0 Å². The van der Waals surface area contributed by atoms with Crippen LogP contribution in [0.4, 0.5) is 0 Å². The maximum atomic E-state index is 11.9. The molecule has 1 aliphatic heterocycles. The van der Waals surface area contributed by atoms with Crippen LogP contribution in [0.15, 0.2) is 54.8 Å². The SMILES string of the molecule is O=C1OC=C(c2ccc(O)cc2)C1c1ccc(O)cc1. The van der Waals surface area contributed by atoms with Crippen molar-refractivity contribution in [2.24, 2.45) is 0 Å². The Balaban J connectivity index is 2.00. The summed E-state index contributed by atoms with van der Waals surface area (Å²) in [6.07, 6.45) is 1.44. The number of benzene rings is 2. The van der Waals surface area contributed by atoms with E-state index in [0.717, 1.165) is 16.7 Å². The minimum Gasteiger partial charge on any atom is -0.508 e. The summed E-state index contributed by atoms with van der Waals surface area (Å²) in [5.41, 5.74) is 2.30. The Kier molecular flexibility index (Phi) is 2.91. The maximum absolute atomic E-state index is 11.9. The van der Waals surface area contributed by atoms with E-state index in [4.69, 9.17) is 4.74 Å². The molecular weight excluding hydrogens is 256 g/mol. The third kappa shape index (κ3) is 2.12. The van der Waals surface area contributed by atoms with E-state index >= 15 is 0 Å². The number of carbonyl (C=O) groups is 1. The van der Waals surface area contributed by atoms with Crippen LogP contribution in [0.3, 0.4) is 0 Å². The molecule has 2 aromatic rings. The summed E-state index contributed by atoms with van der Waals surface area (Å²) in [6, 6.07) is 13.1. The number of aromatic hydroxyl groups is 2. The lowest BCUT2D eigenvalue weighted by Crippen LogP contribution is -2.09. The molecule has 0 fully saturated rings. The van der Waals surface area contributed by atoms with Gasteiger partial charge in [-0.2, -0.15) is 0 Å². The van der Waals surface area contributed by atoms with E-state index in [0.29, 0.717) is 0 Å². The van der Waals surface area contributed by atoms with Gasteiger partial charge < -0.3 is 14.9 Å². The van der Waals surface area contributed by atoms with E-state index in [9.17, 15) is 15.0 Å². The monoisotopic (exact) mass is 268 g/mol. The Bertz CT molecular complexity index is 669. The molecule has 0 saturated carbocycles. The smallest absolute Gasteiger partial charge is 0.322 e. The molecular formula is C16H12O4. The van der Waals surface area contributed by atoms with Crippen LogP contribution < -0.4 is 0 Å². The molecule has 0 saturated heterocycles. The first-order chi connectivity index (χ1) is 9.65.